The van der Waals surface area contributed by atoms with Crippen LogP contribution in [0.1, 0.15) is 26.2 Å². The van der Waals surface area contributed by atoms with E-state index in [0.717, 1.165) is 12.8 Å². The zero-order valence-electron chi connectivity index (χ0n) is 9.22. The first-order chi connectivity index (χ1) is 5.95. The van der Waals surface area contributed by atoms with E-state index < -0.39 is 17.6 Å². The van der Waals surface area contributed by atoms with Crippen molar-refractivity contribution in [2.45, 2.75) is 31.8 Å². The molecule has 0 aliphatic carbocycles. The molecule has 0 saturated heterocycles. The maximum Gasteiger partial charge on any atom is 0.309 e. The quantitative estimate of drug-likeness (QED) is 0.539. The Bertz CT molecular complexity index is 182. The average Bonchev–Trinajstić information content (AvgIpc) is 2.04. The van der Waals surface area contributed by atoms with Crippen LogP contribution in [-0.2, 0) is 4.79 Å². The summed E-state index contributed by atoms with van der Waals surface area (Å²) in [7, 11) is 0. The number of nitrogens with two attached hydrogens (primary N) is 3. The molecular weight excluding hydrogens is 276 g/mol. The largest absolute Gasteiger partial charge is 0.481 e. The summed E-state index contributed by atoms with van der Waals surface area (Å²) in [4.78, 5) is 10.8. The van der Waals surface area contributed by atoms with Gasteiger partial charge in [0.15, 0.2) is 0 Å². The van der Waals surface area contributed by atoms with Gasteiger partial charge in [0.1, 0.15) is 0 Å². The van der Waals surface area contributed by atoms with Gasteiger partial charge in [0.25, 0.3) is 0 Å². The third-order valence-electron chi connectivity index (χ3n) is 2.15. The predicted octanol–water partition coefficient (Wildman–Crippen LogP) is 0.715. The van der Waals surface area contributed by atoms with Crippen molar-refractivity contribution in [2.75, 3.05) is 6.54 Å². The molecule has 8 heteroatoms. The summed E-state index contributed by atoms with van der Waals surface area (Å²) < 4.78 is 0. The van der Waals surface area contributed by atoms with Gasteiger partial charge in [-0.1, -0.05) is 19.8 Å². The lowest BCUT2D eigenvalue weighted by molar-refractivity contribution is -0.144. The van der Waals surface area contributed by atoms with Crippen molar-refractivity contribution in [3.8, 4) is 0 Å². The lowest BCUT2D eigenvalue weighted by Crippen LogP contribution is -2.62. The van der Waals surface area contributed by atoms with Crippen LogP contribution in [-0.4, -0.2) is 23.3 Å². The normalized spacial score (nSPS) is 11.5. The third kappa shape index (κ3) is 8.38. The second kappa shape index (κ2) is 11.7. The van der Waals surface area contributed by atoms with Crippen LogP contribution in [0.15, 0.2) is 0 Å². The van der Waals surface area contributed by atoms with Gasteiger partial charge in [0.2, 0.25) is 0 Å². The highest BCUT2D eigenvalue weighted by Gasteiger charge is 2.34. The van der Waals surface area contributed by atoms with Crippen molar-refractivity contribution in [2.24, 2.45) is 23.1 Å². The topological polar surface area (TPSA) is 115 Å². The van der Waals surface area contributed by atoms with Crippen molar-refractivity contribution < 1.29 is 9.90 Å². The number of hydrogen-bond acceptors (Lipinski definition) is 4. The zero-order valence-corrected chi connectivity index (χ0v) is 11.7. The average molecular weight is 299 g/mol. The Balaban J connectivity index is -0.000000240. The van der Waals surface area contributed by atoms with E-state index in [9.17, 15) is 4.79 Å². The maximum absolute atomic E-state index is 10.8. The summed E-state index contributed by atoms with van der Waals surface area (Å²) >= 11 is 0. The first kappa shape index (κ1) is 25.2. The predicted molar refractivity (Wildman–Crippen MR) is 72.6 cm³/mol. The molecule has 0 saturated carbocycles. The second-order valence-corrected chi connectivity index (χ2v) is 3.35. The molecule has 5 nitrogen and oxygen atoms in total. The highest BCUT2D eigenvalue weighted by molar-refractivity contribution is 5.86. The minimum Gasteiger partial charge on any atom is -0.481 e. The lowest BCUT2D eigenvalue weighted by atomic mass is 9.89. The number of carboxylic acids is 1. The molecule has 0 bridgehead atoms. The lowest BCUT2D eigenvalue weighted by Gasteiger charge is -2.29. The summed E-state index contributed by atoms with van der Waals surface area (Å²) in [5, 5.41) is 8.85. The Morgan fingerprint density at radius 3 is 2.00 bits per heavy atom. The van der Waals surface area contributed by atoms with Crippen LogP contribution in [0.25, 0.3) is 0 Å². The van der Waals surface area contributed by atoms with Crippen LogP contribution in [0.5, 0.6) is 0 Å². The fourth-order valence-electron chi connectivity index (χ4n) is 1.17. The van der Waals surface area contributed by atoms with E-state index in [1.807, 2.05) is 6.92 Å². The smallest absolute Gasteiger partial charge is 0.309 e. The maximum atomic E-state index is 10.8. The highest BCUT2D eigenvalue weighted by atomic mass is 35.5. The molecule has 0 amide bonds. The van der Waals surface area contributed by atoms with E-state index >= 15 is 0 Å². The van der Waals surface area contributed by atoms with Gasteiger partial charge in [-0.15, -0.1) is 37.2 Å². The summed E-state index contributed by atoms with van der Waals surface area (Å²) in [6, 6.07) is 0. The Morgan fingerprint density at radius 2 is 1.75 bits per heavy atom. The number of unbranched alkanes of at least 4 members (excludes halogenated alkanes) is 1. The molecule has 0 aliphatic rings. The molecule has 0 heterocycles. The molecule has 7 N–H and O–H groups in total. The van der Waals surface area contributed by atoms with Gasteiger partial charge >= 0.3 is 5.97 Å². The number of rotatable bonds is 6. The number of halogens is 3. The van der Waals surface area contributed by atoms with Gasteiger partial charge in [-0.05, 0) is 6.42 Å². The second-order valence-electron chi connectivity index (χ2n) is 3.35. The van der Waals surface area contributed by atoms with Crippen molar-refractivity contribution in [3.63, 3.8) is 0 Å². The molecule has 0 aliphatic heterocycles. The first-order valence-electron chi connectivity index (χ1n) is 4.46. The van der Waals surface area contributed by atoms with E-state index in [0.29, 0.717) is 6.42 Å². The van der Waals surface area contributed by atoms with Crippen molar-refractivity contribution in [1.29, 1.82) is 0 Å². The van der Waals surface area contributed by atoms with Crippen LogP contribution in [0, 0.1) is 5.92 Å². The van der Waals surface area contributed by atoms with E-state index in [2.05, 4.69) is 0 Å². The van der Waals surface area contributed by atoms with E-state index in [4.69, 9.17) is 22.3 Å². The molecule has 102 valence electrons. The van der Waals surface area contributed by atoms with Crippen LogP contribution < -0.4 is 17.2 Å². The fraction of sp³-hybridized carbons (Fsp3) is 0.875. The van der Waals surface area contributed by atoms with Gasteiger partial charge in [-0.2, -0.15) is 0 Å². The molecule has 1 unspecified atom stereocenters. The van der Waals surface area contributed by atoms with E-state index in [1.165, 1.54) is 0 Å². The standard InChI is InChI=1S/C8H19N3O2.3ClH/c1-2-3-4-6(7(12)13)8(10,11)5-9;;;/h6H,2-5,9-11H2,1H3,(H,12,13);3*1H. The minimum atomic E-state index is -1.29. The monoisotopic (exact) mass is 297 g/mol. The molecule has 0 aromatic carbocycles. The number of carboxylic acid groups (broad SMARTS) is 1. The minimum absolute atomic E-state index is 0. The third-order valence-corrected chi connectivity index (χ3v) is 2.15. The van der Waals surface area contributed by atoms with Gasteiger partial charge in [0.05, 0.1) is 11.6 Å². The molecule has 0 aromatic rings. The van der Waals surface area contributed by atoms with Crippen molar-refractivity contribution in [3.05, 3.63) is 0 Å². The molecule has 0 aromatic heterocycles. The van der Waals surface area contributed by atoms with Gasteiger partial charge < -0.3 is 22.3 Å². The Morgan fingerprint density at radius 1 is 1.31 bits per heavy atom. The molecule has 0 rings (SSSR count). The zero-order chi connectivity index (χ0) is 10.5. The number of hydrogen-bond donors (Lipinski definition) is 4. The summed E-state index contributed by atoms with van der Waals surface area (Å²) in [5.74, 6) is -1.72. The SMILES string of the molecule is CCCCC(C(=O)O)C(N)(N)CN.Cl.Cl.Cl. The molecule has 0 spiro atoms. The van der Waals surface area contributed by atoms with Crippen LogP contribution in [0.2, 0.25) is 0 Å². The van der Waals surface area contributed by atoms with E-state index in [-0.39, 0.29) is 43.8 Å². The van der Waals surface area contributed by atoms with Gasteiger partial charge in [-0.25, -0.2) is 0 Å². The van der Waals surface area contributed by atoms with Crippen LogP contribution >= 0.6 is 37.2 Å². The number of aliphatic carboxylic acids is 1. The van der Waals surface area contributed by atoms with Crippen LogP contribution in [0.4, 0.5) is 0 Å². The molecular formula is C8H22Cl3N3O2. The van der Waals surface area contributed by atoms with E-state index in [1.54, 1.807) is 0 Å². The van der Waals surface area contributed by atoms with Crippen LogP contribution in [0.3, 0.4) is 0 Å². The highest BCUT2D eigenvalue weighted by Crippen LogP contribution is 2.16. The molecule has 16 heavy (non-hydrogen) atoms. The van der Waals surface area contributed by atoms with Gasteiger partial charge in [0, 0.05) is 6.54 Å². The van der Waals surface area contributed by atoms with Crippen molar-refractivity contribution in [1.82, 2.24) is 0 Å². The Labute approximate surface area is 115 Å². The molecule has 0 fully saturated rings. The number of carbonyl (C=O) groups is 1. The van der Waals surface area contributed by atoms with Crippen molar-refractivity contribution >= 4 is 43.2 Å². The Hall–Kier alpha value is 0.220. The fourth-order valence-corrected chi connectivity index (χ4v) is 1.17. The summed E-state index contributed by atoms with van der Waals surface area (Å²) in [6.07, 6.45) is 2.20. The first-order valence-corrected chi connectivity index (χ1v) is 4.46. The van der Waals surface area contributed by atoms with Gasteiger partial charge in [-0.3, -0.25) is 4.79 Å². The molecule has 1 atom stereocenters. The summed E-state index contributed by atoms with van der Waals surface area (Å²) in [5.41, 5.74) is 15.2. The molecule has 0 radical (unpaired) electrons. The summed E-state index contributed by atoms with van der Waals surface area (Å²) in [6.45, 7) is 1.96. The Kier molecular flexibility index (Phi) is 18.4.